The van der Waals surface area contributed by atoms with Gasteiger partial charge in [0.05, 0.1) is 13.1 Å². The quantitative estimate of drug-likeness (QED) is 0.454. The molecule has 3 rings (SSSR count). The van der Waals surface area contributed by atoms with Crippen LogP contribution in [-0.2, 0) is 0 Å². The van der Waals surface area contributed by atoms with Crippen LogP contribution in [0.3, 0.4) is 0 Å². The smallest absolute Gasteiger partial charge is 0.0585 e. The SMILES string of the molecule is C=N/C=C\C=N/CC/N=C\C(=C/N=C)C1CC1c1ccc2ccccc2c1. The van der Waals surface area contributed by atoms with E-state index in [0.29, 0.717) is 24.9 Å². The van der Waals surface area contributed by atoms with Crippen molar-refractivity contribution in [1.29, 1.82) is 0 Å². The maximum absolute atomic E-state index is 4.49. The van der Waals surface area contributed by atoms with Gasteiger partial charge in [-0.1, -0.05) is 42.5 Å². The van der Waals surface area contributed by atoms with Gasteiger partial charge in [-0.05, 0) is 59.7 Å². The zero-order valence-corrected chi connectivity index (χ0v) is 15.4. The highest BCUT2D eigenvalue weighted by Crippen LogP contribution is 2.51. The van der Waals surface area contributed by atoms with E-state index < -0.39 is 0 Å². The van der Waals surface area contributed by atoms with Crippen LogP contribution in [0.25, 0.3) is 10.8 Å². The molecule has 0 aromatic heterocycles. The molecule has 27 heavy (non-hydrogen) atoms. The van der Waals surface area contributed by atoms with Gasteiger partial charge in [0.2, 0.25) is 0 Å². The molecule has 4 heteroatoms. The highest BCUT2D eigenvalue weighted by atomic mass is 14.8. The molecule has 1 saturated carbocycles. The fourth-order valence-electron chi connectivity index (χ4n) is 3.22. The zero-order chi connectivity index (χ0) is 18.9. The molecule has 2 unspecified atom stereocenters. The maximum Gasteiger partial charge on any atom is 0.0585 e. The van der Waals surface area contributed by atoms with E-state index in [1.54, 1.807) is 18.5 Å². The van der Waals surface area contributed by atoms with Crippen LogP contribution in [0, 0.1) is 5.92 Å². The third kappa shape index (κ3) is 5.17. The van der Waals surface area contributed by atoms with E-state index in [1.807, 2.05) is 12.4 Å². The third-order valence-corrected chi connectivity index (χ3v) is 4.64. The van der Waals surface area contributed by atoms with E-state index in [0.717, 1.165) is 12.0 Å². The first-order valence-electron chi connectivity index (χ1n) is 9.08. The molecule has 4 nitrogen and oxygen atoms in total. The van der Waals surface area contributed by atoms with E-state index in [4.69, 9.17) is 0 Å². The Morgan fingerprint density at radius 1 is 1.00 bits per heavy atom. The molecule has 0 heterocycles. The lowest BCUT2D eigenvalue weighted by molar-refractivity contribution is 0.961. The van der Waals surface area contributed by atoms with Gasteiger partial charge >= 0.3 is 0 Å². The Morgan fingerprint density at radius 2 is 1.81 bits per heavy atom. The van der Waals surface area contributed by atoms with Crippen molar-refractivity contribution < 1.29 is 0 Å². The molecule has 0 N–H and O–H groups in total. The van der Waals surface area contributed by atoms with Crippen molar-refractivity contribution in [2.75, 3.05) is 13.1 Å². The molecule has 1 fully saturated rings. The molecular formula is C23H24N4. The molecule has 2 aromatic carbocycles. The van der Waals surface area contributed by atoms with Gasteiger partial charge in [0.15, 0.2) is 0 Å². The van der Waals surface area contributed by atoms with Gasteiger partial charge in [0.1, 0.15) is 0 Å². The van der Waals surface area contributed by atoms with Gasteiger partial charge < -0.3 is 0 Å². The first-order valence-corrected chi connectivity index (χ1v) is 9.08. The number of aliphatic imine (C=N–C) groups is 4. The molecule has 1 aliphatic rings. The second-order valence-electron chi connectivity index (χ2n) is 6.48. The van der Waals surface area contributed by atoms with Gasteiger partial charge in [-0.3, -0.25) is 20.0 Å². The number of allylic oxidation sites excluding steroid dienone is 2. The first-order chi connectivity index (χ1) is 13.3. The van der Waals surface area contributed by atoms with E-state index in [-0.39, 0.29) is 0 Å². The molecule has 2 aromatic rings. The van der Waals surface area contributed by atoms with Crippen LogP contribution in [0.15, 0.2) is 86.5 Å². The molecule has 0 bridgehead atoms. The molecule has 136 valence electrons. The summed E-state index contributed by atoms with van der Waals surface area (Å²) in [4.78, 5) is 16.3. The minimum atomic E-state index is 0.463. The molecule has 0 amide bonds. The minimum Gasteiger partial charge on any atom is -0.291 e. The van der Waals surface area contributed by atoms with E-state index in [2.05, 4.69) is 75.9 Å². The van der Waals surface area contributed by atoms with E-state index in [9.17, 15) is 0 Å². The van der Waals surface area contributed by atoms with Crippen LogP contribution in [-0.4, -0.2) is 39.0 Å². The lowest BCUT2D eigenvalue weighted by Crippen LogP contribution is -1.94. The van der Waals surface area contributed by atoms with Crippen molar-refractivity contribution in [1.82, 2.24) is 0 Å². The van der Waals surface area contributed by atoms with E-state index in [1.165, 1.54) is 16.3 Å². The summed E-state index contributed by atoms with van der Waals surface area (Å²) in [6.07, 6.45) is 9.95. The zero-order valence-electron chi connectivity index (χ0n) is 15.4. The van der Waals surface area contributed by atoms with Gasteiger partial charge in [0.25, 0.3) is 0 Å². The molecule has 0 spiro atoms. The molecule has 1 aliphatic carbocycles. The number of hydrogen-bond donors (Lipinski definition) is 0. The van der Waals surface area contributed by atoms with Crippen LogP contribution in [0.5, 0.6) is 0 Å². The standard InChI is InChI=1S/C23H24N4/c1-24-10-5-11-26-12-13-27-17-21(16-25-2)23-15-22(23)20-9-8-18-6-3-4-7-19(18)14-20/h3-11,14,16-17,22-23H,1-2,12-13,15H2/b10-5-,21-16+,26-11-,27-17-. The molecule has 2 atom stereocenters. The first kappa shape index (κ1) is 18.6. The van der Waals surface area contributed by atoms with Crippen molar-refractivity contribution in [3.8, 4) is 0 Å². The van der Waals surface area contributed by atoms with Gasteiger partial charge in [-0.15, -0.1) is 0 Å². The predicted octanol–water partition coefficient (Wildman–Crippen LogP) is 4.88. The van der Waals surface area contributed by atoms with Crippen LogP contribution in [0.4, 0.5) is 0 Å². The second-order valence-corrected chi connectivity index (χ2v) is 6.48. The molecule has 0 saturated heterocycles. The lowest BCUT2D eigenvalue weighted by Gasteiger charge is -2.04. The lowest BCUT2D eigenvalue weighted by atomic mass is 10.0. The summed E-state index contributed by atoms with van der Waals surface area (Å²) in [5.41, 5.74) is 2.53. The van der Waals surface area contributed by atoms with Crippen molar-refractivity contribution in [2.24, 2.45) is 25.9 Å². The Kier molecular flexibility index (Phi) is 6.58. The second kappa shape index (κ2) is 9.53. The molecule has 0 radical (unpaired) electrons. The van der Waals surface area contributed by atoms with Crippen molar-refractivity contribution in [3.63, 3.8) is 0 Å². The highest BCUT2D eigenvalue weighted by molar-refractivity contribution is 5.84. The Labute approximate surface area is 160 Å². The summed E-state index contributed by atoms with van der Waals surface area (Å²) < 4.78 is 0. The van der Waals surface area contributed by atoms with Gasteiger partial charge in [-0.2, -0.15) is 0 Å². The van der Waals surface area contributed by atoms with Crippen LogP contribution in [0.2, 0.25) is 0 Å². The average molecular weight is 356 g/mol. The summed E-state index contributed by atoms with van der Waals surface area (Å²) >= 11 is 0. The highest BCUT2D eigenvalue weighted by Gasteiger charge is 2.40. The number of hydrogen-bond acceptors (Lipinski definition) is 4. The Bertz CT molecular complexity index is 921. The van der Waals surface area contributed by atoms with Crippen LogP contribution >= 0.6 is 0 Å². The topological polar surface area (TPSA) is 49.4 Å². The fourth-order valence-corrected chi connectivity index (χ4v) is 3.22. The number of benzene rings is 2. The number of rotatable bonds is 9. The Hall–Kier alpha value is -3.14. The largest absolute Gasteiger partial charge is 0.291 e. The summed E-state index contributed by atoms with van der Waals surface area (Å²) in [7, 11) is 0. The predicted molar refractivity (Wildman–Crippen MR) is 118 cm³/mol. The van der Waals surface area contributed by atoms with Gasteiger partial charge in [-0.25, -0.2) is 0 Å². The van der Waals surface area contributed by atoms with Gasteiger partial charge in [0, 0.05) is 24.8 Å². The van der Waals surface area contributed by atoms with Crippen LogP contribution in [0.1, 0.15) is 17.9 Å². The molecule has 0 aliphatic heterocycles. The summed E-state index contributed by atoms with van der Waals surface area (Å²) in [5.74, 6) is 0.995. The van der Waals surface area contributed by atoms with E-state index >= 15 is 0 Å². The normalized spacial score (nSPS) is 20.1. The summed E-state index contributed by atoms with van der Waals surface area (Å²) in [6.45, 7) is 8.26. The summed E-state index contributed by atoms with van der Waals surface area (Å²) in [6, 6.07) is 15.2. The summed E-state index contributed by atoms with van der Waals surface area (Å²) in [5, 5.41) is 2.57. The average Bonchev–Trinajstić information content (AvgIpc) is 3.49. The van der Waals surface area contributed by atoms with Crippen molar-refractivity contribution >= 4 is 36.6 Å². The fraction of sp³-hybridized carbons (Fsp3) is 0.217. The number of fused-ring (bicyclic) bond motifs is 1. The maximum atomic E-state index is 4.49. The monoisotopic (exact) mass is 356 g/mol. The minimum absolute atomic E-state index is 0.463. The van der Waals surface area contributed by atoms with Crippen molar-refractivity contribution in [3.05, 3.63) is 72.1 Å². The Morgan fingerprint density at radius 3 is 2.63 bits per heavy atom. The van der Waals surface area contributed by atoms with Crippen molar-refractivity contribution in [2.45, 2.75) is 12.3 Å². The molecular weight excluding hydrogens is 332 g/mol. The number of nitrogens with zero attached hydrogens (tertiary/aromatic N) is 4. The Balaban J connectivity index is 1.59. The third-order valence-electron chi connectivity index (χ3n) is 4.64. The van der Waals surface area contributed by atoms with Crippen LogP contribution < -0.4 is 0 Å².